The van der Waals surface area contributed by atoms with Crippen LogP contribution in [0.15, 0.2) is 167 Å². The number of furan rings is 1. The standard InChI is InChI=1S/C57H59N5O/c1-7-11-31-52-41(5)54-48(28-23-32-53(54)63-52)56(60-42(6)43(24-8-2)25-9-3)61-55(58)44(26-10-4)35-38-59-62-39-22-15-13-12-14-17-30-51(62)45-33-34-47-46-27-18-19-29-49(46)57(50(47)40-45)36-20-16-21-37-57/h1,8-15,17,19,22-26,28-35,40,42,55,59H,2,16,20-21,36-39,58H2,3-6H3,(H,60,61)/b13-12-,17-14-,22-15-,25-9-,26-10-,31-11-,43-24+,44-35+,51-30-. The van der Waals surface area contributed by atoms with Gasteiger partial charge >= 0.3 is 0 Å². The first kappa shape index (κ1) is 44.2. The first-order valence-electron chi connectivity index (χ1n) is 22.2. The summed E-state index contributed by atoms with van der Waals surface area (Å²) in [5, 5.41) is 6.88. The molecule has 2 atom stereocenters. The lowest BCUT2D eigenvalue weighted by Crippen LogP contribution is -2.38. The lowest BCUT2D eigenvalue weighted by Gasteiger charge is -2.36. The van der Waals surface area contributed by atoms with Gasteiger partial charge in [-0.1, -0.05) is 147 Å². The number of terminal acetylenes is 1. The topological polar surface area (TPSA) is 78.8 Å². The number of hydrazine groups is 1. The third-order valence-corrected chi connectivity index (χ3v) is 12.2. The maximum atomic E-state index is 7.11. The van der Waals surface area contributed by atoms with E-state index in [1.165, 1.54) is 47.1 Å². The summed E-state index contributed by atoms with van der Waals surface area (Å²) in [6, 6.07) is 23.9. The number of nitrogens with two attached hydrogens (primary N) is 1. The SMILES string of the molecule is C#C/C=C\c1oc2cccc(/C(=N/C(N)C(/C=C\C)=C/CNN3C\C=C/C=C\C=C/C=C\3c3ccc4c(c3)C3(CCCCC3)c3ccc#cc3-4)NC(C)C(/C=C\C)=C/C=C)c2c1C. The molecule has 7 rings (SSSR count). The van der Waals surface area contributed by atoms with Crippen molar-refractivity contribution >= 4 is 28.6 Å². The molecule has 4 N–H and O–H groups in total. The maximum Gasteiger partial charge on any atom is 0.135 e. The molecule has 0 amide bonds. The smallest absolute Gasteiger partial charge is 0.135 e. The molecule has 4 aromatic rings. The Morgan fingerprint density at radius 1 is 1.03 bits per heavy atom. The fourth-order valence-corrected chi connectivity index (χ4v) is 9.25. The van der Waals surface area contributed by atoms with Crippen molar-refractivity contribution in [1.82, 2.24) is 15.8 Å². The van der Waals surface area contributed by atoms with Crippen LogP contribution in [0.25, 0.3) is 33.9 Å². The molecule has 0 radical (unpaired) electrons. The Hall–Kier alpha value is -6.83. The quantitative estimate of drug-likeness (QED) is 0.0541. The number of hydrogen-bond acceptors (Lipinski definition) is 5. The zero-order valence-corrected chi connectivity index (χ0v) is 37.1. The van der Waals surface area contributed by atoms with Crippen molar-refractivity contribution in [2.24, 2.45) is 10.7 Å². The van der Waals surface area contributed by atoms with E-state index in [9.17, 15) is 0 Å². The molecule has 2 aliphatic carbocycles. The second kappa shape index (κ2) is 20.8. The maximum absolute atomic E-state index is 7.11. The predicted octanol–water partition coefficient (Wildman–Crippen LogP) is 11.9. The minimum absolute atomic E-state index is 0.0173. The normalized spacial score (nSPS) is 19.9. The van der Waals surface area contributed by atoms with Gasteiger partial charge < -0.3 is 20.5 Å². The average molecular weight is 830 g/mol. The van der Waals surface area contributed by atoms with E-state index in [1.54, 1.807) is 12.2 Å². The second-order valence-corrected chi connectivity index (χ2v) is 16.2. The predicted molar refractivity (Wildman–Crippen MR) is 265 cm³/mol. The van der Waals surface area contributed by atoms with Crippen molar-refractivity contribution in [2.75, 3.05) is 13.1 Å². The van der Waals surface area contributed by atoms with Gasteiger partial charge in [0.2, 0.25) is 0 Å². The average Bonchev–Trinajstić information content (AvgIpc) is 3.77. The summed E-state index contributed by atoms with van der Waals surface area (Å²) in [5.74, 6) is 3.92. The highest BCUT2D eigenvalue weighted by molar-refractivity contribution is 6.10. The number of hydrogen-bond donors (Lipinski definition) is 3. The van der Waals surface area contributed by atoms with Gasteiger partial charge in [-0.05, 0) is 116 Å². The largest absolute Gasteiger partial charge is 0.456 e. The number of nitrogens with zero attached hydrogens (tertiary/aromatic N) is 2. The number of benzene rings is 2. The van der Waals surface area contributed by atoms with Gasteiger partial charge in [0.15, 0.2) is 0 Å². The van der Waals surface area contributed by atoms with Gasteiger partial charge in [-0.2, -0.15) is 0 Å². The van der Waals surface area contributed by atoms with Crippen LogP contribution in [-0.4, -0.2) is 36.1 Å². The van der Waals surface area contributed by atoms with Crippen LogP contribution in [0.3, 0.4) is 0 Å². The Balaban J connectivity index is 1.23. The summed E-state index contributed by atoms with van der Waals surface area (Å²) in [4.78, 5) is 5.25. The van der Waals surface area contributed by atoms with Gasteiger partial charge in [0.1, 0.15) is 23.3 Å². The number of aryl methyl sites for hydroxylation is 1. The van der Waals surface area contributed by atoms with Crippen LogP contribution in [0.5, 0.6) is 0 Å². The molecular formula is C57H59N5O. The van der Waals surface area contributed by atoms with Crippen LogP contribution in [-0.2, 0) is 5.41 Å². The van der Waals surface area contributed by atoms with Crippen molar-refractivity contribution < 1.29 is 4.42 Å². The highest BCUT2D eigenvalue weighted by Crippen LogP contribution is 2.55. The molecular weight excluding hydrogens is 771 g/mol. The zero-order chi connectivity index (χ0) is 44.2. The summed E-state index contributed by atoms with van der Waals surface area (Å²) in [7, 11) is 0. The van der Waals surface area contributed by atoms with Gasteiger partial charge in [-0.15, -0.1) is 6.42 Å². The minimum atomic E-state index is -0.698. The van der Waals surface area contributed by atoms with Gasteiger partial charge in [-0.25, -0.2) is 10.4 Å². The van der Waals surface area contributed by atoms with Crippen LogP contribution in [0, 0.1) is 31.4 Å². The van der Waals surface area contributed by atoms with E-state index >= 15 is 0 Å². The minimum Gasteiger partial charge on any atom is -0.456 e. The number of nitrogens with one attached hydrogen (secondary N) is 2. The summed E-state index contributed by atoms with van der Waals surface area (Å²) in [6.45, 7) is 13.3. The highest BCUT2D eigenvalue weighted by atomic mass is 16.3. The summed E-state index contributed by atoms with van der Waals surface area (Å²) < 4.78 is 6.27. The molecule has 1 saturated carbocycles. The van der Waals surface area contributed by atoms with Crippen LogP contribution in [0.1, 0.15) is 86.5 Å². The van der Waals surface area contributed by atoms with E-state index in [1.807, 2.05) is 69.4 Å². The molecule has 0 saturated heterocycles. The molecule has 1 spiro atoms. The third kappa shape index (κ3) is 9.64. The Kier molecular flexibility index (Phi) is 14.6. The summed E-state index contributed by atoms with van der Waals surface area (Å²) in [5.41, 5.74) is 23.0. The number of allylic oxidation sites excluding steroid dienone is 11. The lowest BCUT2D eigenvalue weighted by atomic mass is 9.67. The van der Waals surface area contributed by atoms with E-state index in [4.69, 9.17) is 21.6 Å². The Morgan fingerprint density at radius 2 is 1.83 bits per heavy atom. The first-order valence-corrected chi connectivity index (χ1v) is 22.2. The van der Waals surface area contributed by atoms with Crippen LogP contribution in [0.4, 0.5) is 0 Å². The van der Waals surface area contributed by atoms with Crippen LogP contribution >= 0.6 is 0 Å². The van der Waals surface area contributed by atoms with E-state index in [0.29, 0.717) is 24.7 Å². The van der Waals surface area contributed by atoms with Gasteiger partial charge in [0, 0.05) is 40.1 Å². The summed E-state index contributed by atoms with van der Waals surface area (Å²) in [6.07, 6.45) is 43.3. The number of rotatable bonds is 13. The third-order valence-electron chi connectivity index (χ3n) is 12.2. The first-order chi connectivity index (χ1) is 30.8. The van der Waals surface area contributed by atoms with E-state index in [2.05, 4.69) is 132 Å². The number of amidine groups is 1. The van der Waals surface area contributed by atoms with Crippen molar-refractivity contribution in [3.8, 4) is 23.5 Å². The molecule has 2 unspecified atom stereocenters. The molecule has 63 heavy (non-hydrogen) atoms. The molecule has 318 valence electrons. The fraction of sp³-hybridized carbons (Fsp3) is 0.246. The number of aliphatic imine (C=N–C) groups is 1. The van der Waals surface area contributed by atoms with E-state index in [-0.39, 0.29) is 11.5 Å². The van der Waals surface area contributed by atoms with E-state index < -0.39 is 6.17 Å². The lowest BCUT2D eigenvalue weighted by molar-refractivity contribution is 0.333. The summed E-state index contributed by atoms with van der Waals surface area (Å²) >= 11 is 0. The van der Waals surface area contributed by atoms with Gasteiger partial charge in [-0.3, -0.25) is 0 Å². The van der Waals surface area contributed by atoms with E-state index in [0.717, 1.165) is 51.8 Å². The van der Waals surface area contributed by atoms with Crippen molar-refractivity contribution in [3.05, 3.63) is 203 Å². The molecule has 1 aliphatic heterocycles. The molecule has 3 aromatic carbocycles. The van der Waals surface area contributed by atoms with Crippen molar-refractivity contribution in [3.63, 3.8) is 0 Å². The Morgan fingerprint density at radius 3 is 2.62 bits per heavy atom. The highest BCUT2D eigenvalue weighted by Gasteiger charge is 2.44. The molecule has 2 heterocycles. The Bertz CT molecular complexity index is 2660. The fourth-order valence-electron chi connectivity index (χ4n) is 9.25. The van der Waals surface area contributed by atoms with Gasteiger partial charge in [0.05, 0.1) is 12.2 Å². The van der Waals surface area contributed by atoms with Crippen molar-refractivity contribution in [2.45, 2.75) is 77.4 Å². The van der Waals surface area contributed by atoms with Crippen molar-refractivity contribution in [1.29, 1.82) is 0 Å². The monoisotopic (exact) mass is 829 g/mol. The second-order valence-electron chi connectivity index (χ2n) is 16.2. The molecule has 0 bridgehead atoms. The number of fused-ring (bicyclic) bond motifs is 6. The molecule has 6 heteroatoms. The molecule has 3 aliphatic rings. The Labute approximate surface area is 375 Å². The van der Waals surface area contributed by atoms with Gasteiger partial charge in [0.25, 0.3) is 0 Å². The molecule has 1 fully saturated rings. The van der Waals surface area contributed by atoms with Crippen LogP contribution in [0.2, 0.25) is 0 Å². The zero-order valence-electron chi connectivity index (χ0n) is 37.1. The van der Waals surface area contributed by atoms with Crippen LogP contribution < -0.4 is 16.5 Å². The molecule has 1 aromatic heterocycles. The molecule has 6 nitrogen and oxygen atoms in total.